The van der Waals surface area contributed by atoms with Crippen molar-refractivity contribution in [3.63, 3.8) is 0 Å². The average Bonchev–Trinajstić information content (AvgIpc) is 3.06. The zero-order valence-electron chi connectivity index (χ0n) is 14.2. The highest BCUT2D eigenvalue weighted by molar-refractivity contribution is 7.98. The Morgan fingerprint density at radius 3 is 2.56 bits per heavy atom. The van der Waals surface area contributed by atoms with Crippen molar-refractivity contribution in [1.82, 2.24) is 25.2 Å². The molecule has 2 N–H and O–H groups in total. The van der Waals surface area contributed by atoms with Crippen molar-refractivity contribution in [2.24, 2.45) is 5.73 Å². The van der Waals surface area contributed by atoms with Gasteiger partial charge in [0, 0.05) is 5.69 Å². The molecule has 0 saturated carbocycles. The minimum absolute atomic E-state index is 0.465. The number of amides is 1. The van der Waals surface area contributed by atoms with Gasteiger partial charge < -0.3 is 5.73 Å². The van der Waals surface area contributed by atoms with Gasteiger partial charge in [-0.05, 0) is 54.5 Å². The summed E-state index contributed by atoms with van der Waals surface area (Å²) in [5.41, 5.74) is 9.64. The number of thioether (sulfide) groups is 1. The molecule has 7 nitrogen and oxygen atoms in total. The number of carbonyl (C=O) groups excluding carboxylic acids is 1. The van der Waals surface area contributed by atoms with E-state index in [1.54, 1.807) is 4.68 Å². The standard InChI is InChI=1S/C17H18N6OS/c1-10-11(2)15(16(18)24)17(19-12(10)3)25-9-14-20-21-22-23(14)13-7-5-4-6-8-13/h4-8H,9H2,1-3H3,(H2,18,24). The second-order valence-electron chi connectivity index (χ2n) is 5.62. The maximum absolute atomic E-state index is 11.9. The second kappa shape index (κ2) is 7.02. The first-order valence-corrected chi connectivity index (χ1v) is 8.70. The van der Waals surface area contributed by atoms with Crippen LogP contribution < -0.4 is 5.73 Å². The number of benzene rings is 1. The largest absolute Gasteiger partial charge is 0.366 e. The van der Waals surface area contributed by atoms with E-state index >= 15 is 0 Å². The Hall–Kier alpha value is -2.74. The Labute approximate surface area is 149 Å². The third-order valence-corrected chi connectivity index (χ3v) is 5.05. The minimum atomic E-state index is -0.474. The molecule has 0 bridgehead atoms. The number of nitrogens with two attached hydrogens (primary N) is 1. The van der Waals surface area contributed by atoms with E-state index in [9.17, 15) is 4.79 Å². The second-order valence-corrected chi connectivity index (χ2v) is 6.59. The number of aromatic nitrogens is 5. The molecule has 128 valence electrons. The molecular weight excluding hydrogens is 336 g/mol. The Morgan fingerprint density at radius 2 is 1.88 bits per heavy atom. The van der Waals surface area contributed by atoms with Crippen LogP contribution in [0.5, 0.6) is 0 Å². The van der Waals surface area contributed by atoms with Crippen LogP contribution in [0.3, 0.4) is 0 Å². The van der Waals surface area contributed by atoms with Crippen LogP contribution in [-0.2, 0) is 5.75 Å². The number of para-hydroxylation sites is 1. The van der Waals surface area contributed by atoms with Crippen molar-refractivity contribution < 1.29 is 4.79 Å². The van der Waals surface area contributed by atoms with E-state index in [0.717, 1.165) is 22.5 Å². The summed E-state index contributed by atoms with van der Waals surface area (Å²) in [5, 5.41) is 12.5. The lowest BCUT2D eigenvalue weighted by molar-refractivity contribution is 0.0996. The number of nitrogens with zero attached hydrogens (tertiary/aromatic N) is 5. The van der Waals surface area contributed by atoms with Crippen molar-refractivity contribution in [2.75, 3.05) is 0 Å². The first-order chi connectivity index (χ1) is 12.0. The van der Waals surface area contributed by atoms with Gasteiger partial charge in [0.25, 0.3) is 5.91 Å². The van der Waals surface area contributed by atoms with Crippen molar-refractivity contribution in [1.29, 1.82) is 0 Å². The van der Waals surface area contributed by atoms with Crippen molar-refractivity contribution >= 4 is 17.7 Å². The van der Waals surface area contributed by atoms with Gasteiger partial charge in [-0.15, -0.1) is 5.10 Å². The molecule has 0 fully saturated rings. The minimum Gasteiger partial charge on any atom is -0.366 e. The van der Waals surface area contributed by atoms with Crippen LogP contribution in [0.2, 0.25) is 0 Å². The summed E-state index contributed by atoms with van der Waals surface area (Å²) in [6.07, 6.45) is 0. The number of aryl methyl sites for hydroxylation is 1. The number of hydrogen-bond donors (Lipinski definition) is 1. The predicted molar refractivity (Wildman–Crippen MR) is 95.7 cm³/mol. The van der Waals surface area contributed by atoms with Crippen LogP contribution in [-0.4, -0.2) is 31.1 Å². The van der Waals surface area contributed by atoms with Gasteiger partial charge in [0.05, 0.1) is 17.0 Å². The molecule has 2 heterocycles. The molecule has 0 aliphatic rings. The monoisotopic (exact) mass is 354 g/mol. The van der Waals surface area contributed by atoms with E-state index in [4.69, 9.17) is 5.73 Å². The van der Waals surface area contributed by atoms with E-state index in [0.29, 0.717) is 22.2 Å². The van der Waals surface area contributed by atoms with Gasteiger partial charge in [0.15, 0.2) is 5.82 Å². The van der Waals surface area contributed by atoms with Gasteiger partial charge in [-0.1, -0.05) is 30.0 Å². The maximum Gasteiger partial charge on any atom is 0.251 e. The van der Waals surface area contributed by atoms with E-state index in [1.807, 2.05) is 51.1 Å². The molecule has 3 aromatic rings. The molecule has 0 aliphatic heterocycles. The molecule has 1 amide bonds. The lowest BCUT2D eigenvalue weighted by Crippen LogP contribution is -2.17. The molecule has 0 atom stereocenters. The summed E-state index contributed by atoms with van der Waals surface area (Å²) in [4.78, 5) is 16.4. The van der Waals surface area contributed by atoms with E-state index in [-0.39, 0.29) is 0 Å². The summed E-state index contributed by atoms with van der Waals surface area (Å²) < 4.78 is 1.67. The smallest absolute Gasteiger partial charge is 0.251 e. The topological polar surface area (TPSA) is 99.6 Å². The molecule has 8 heteroatoms. The van der Waals surface area contributed by atoms with Crippen molar-refractivity contribution in [3.8, 4) is 5.69 Å². The van der Waals surface area contributed by atoms with Crippen LogP contribution in [0.4, 0.5) is 0 Å². The zero-order valence-corrected chi connectivity index (χ0v) is 15.0. The molecule has 2 aromatic heterocycles. The number of hydrogen-bond acceptors (Lipinski definition) is 6. The highest BCUT2D eigenvalue weighted by Crippen LogP contribution is 2.29. The fraction of sp³-hybridized carbons (Fsp3) is 0.235. The Balaban J connectivity index is 1.91. The van der Waals surface area contributed by atoms with Crippen molar-refractivity contribution in [2.45, 2.75) is 31.6 Å². The molecule has 25 heavy (non-hydrogen) atoms. The first-order valence-electron chi connectivity index (χ1n) is 7.72. The summed E-state index contributed by atoms with van der Waals surface area (Å²) >= 11 is 1.40. The third kappa shape index (κ3) is 3.39. The number of tetrazole rings is 1. The normalized spacial score (nSPS) is 10.8. The van der Waals surface area contributed by atoms with Gasteiger partial charge in [0.1, 0.15) is 5.03 Å². The number of primary amides is 1. The fourth-order valence-electron chi connectivity index (χ4n) is 2.50. The molecule has 0 radical (unpaired) electrons. The quantitative estimate of drug-likeness (QED) is 0.706. The SMILES string of the molecule is Cc1nc(SCc2nnnn2-c2ccccc2)c(C(N)=O)c(C)c1C. The molecule has 3 rings (SSSR count). The van der Waals surface area contributed by atoms with Crippen molar-refractivity contribution in [3.05, 3.63) is 58.5 Å². The Kier molecular flexibility index (Phi) is 4.80. The first kappa shape index (κ1) is 17.1. The van der Waals surface area contributed by atoms with Gasteiger partial charge in [0.2, 0.25) is 0 Å². The number of pyridine rings is 1. The lowest BCUT2D eigenvalue weighted by Gasteiger charge is -2.13. The fourth-order valence-corrected chi connectivity index (χ4v) is 3.55. The highest BCUT2D eigenvalue weighted by Gasteiger charge is 2.18. The molecule has 0 saturated heterocycles. The summed E-state index contributed by atoms with van der Waals surface area (Å²) in [7, 11) is 0. The highest BCUT2D eigenvalue weighted by atomic mass is 32.2. The van der Waals surface area contributed by atoms with E-state index in [2.05, 4.69) is 20.5 Å². The predicted octanol–water partition coefficient (Wildman–Crippen LogP) is 2.37. The number of rotatable bonds is 5. The van der Waals surface area contributed by atoms with E-state index < -0.39 is 5.91 Å². The van der Waals surface area contributed by atoms with Crippen LogP contribution in [0.25, 0.3) is 5.69 Å². The van der Waals surface area contributed by atoms with Gasteiger partial charge in [-0.3, -0.25) is 4.79 Å². The summed E-state index contributed by atoms with van der Waals surface area (Å²) in [5.74, 6) is 0.666. The van der Waals surface area contributed by atoms with Crippen LogP contribution in [0.1, 0.15) is 33.0 Å². The lowest BCUT2D eigenvalue weighted by atomic mass is 10.0. The summed E-state index contributed by atoms with van der Waals surface area (Å²) in [6, 6.07) is 9.64. The number of carbonyl (C=O) groups is 1. The molecule has 0 spiro atoms. The van der Waals surface area contributed by atoms with Crippen LogP contribution in [0, 0.1) is 20.8 Å². The third-order valence-electron chi connectivity index (χ3n) is 4.08. The average molecular weight is 354 g/mol. The zero-order chi connectivity index (χ0) is 18.0. The summed E-state index contributed by atoms with van der Waals surface area (Å²) in [6.45, 7) is 5.75. The molecule has 1 aromatic carbocycles. The van der Waals surface area contributed by atoms with E-state index in [1.165, 1.54) is 11.8 Å². The maximum atomic E-state index is 11.9. The Bertz CT molecular complexity index is 922. The Morgan fingerprint density at radius 1 is 1.16 bits per heavy atom. The van der Waals surface area contributed by atoms with Gasteiger partial charge in [-0.2, -0.15) is 4.68 Å². The molecule has 0 aliphatic carbocycles. The van der Waals surface area contributed by atoms with Crippen LogP contribution >= 0.6 is 11.8 Å². The van der Waals surface area contributed by atoms with Gasteiger partial charge in [-0.25, -0.2) is 4.98 Å². The molecule has 0 unspecified atom stereocenters. The van der Waals surface area contributed by atoms with Crippen LogP contribution in [0.15, 0.2) is 35.4 Å². The molecular formula is C17H18N6OS. The van der Waals surface area contributed by atoms with Gasteiger partial charge >= 0.3 is 0 Å².